The Kier molecular flexibility index (Phi) is 5.58. The number of nitrogen functional groups attached to an aromatic ring is 1. The highest BCUT2D eigenvalue weighted by Gasteiger charge is 2.20. The van der Waals surface area contributed by atoms with Crippen LogP contribution in [0.5, 0.6) is 0 Å². The van der Waals surface area contributed by atoms with Gasteiger partial charge in [0.2, 0.25) is 0 Å². The zero-order chi connectivity index (χ0) is 22.9. The van der Waals surface area contributed by atoms with Crippen LogP contribution in [-0.2, 0) is 6.42 Å². The highest BCUT2D eigenvalue weighted by atomic mass is 35.5. The van der Waals surface area contributed by atoms with Crippen molar-refractivity contribution in [3.05, 3.63) is 93.7 Å². The van der Waals surface area contributed by atoms with Gasteiger partial charge in [0.05, 0.1) is 16.6 Å². The van der Waals surface area contributed by atoms with Crippen LogP contribution in [0.1, 0.15) is 12.5 Å². The molecule has 0 atom stereocenters. The summed E-state index contributed by atoms with van der Waals surface area (Å²) in [5, 5.41) is 5.03. The van der Waals surface area contributed by atoms with Crippen LogP contribution in [0.15, 0.2) is 77.6 Å². The summed E-state index contributed by atoms with van der Waals surface area (Å²) in [6, 6.07) is 22.5. The summed E-state index contributed by atoms with van der Waals surface area (Å²) in [4.78, 5) is 23.4. The third-order valence-corrected chi connectivity index (χ3v) is 6.56. The van der Waals surface area contributed by atoms with E-state index in [0.717, 1.165) is 12.1 Å². The third kappa shape index (κ3) is 4.08. The first-order valence-electron chi connectivity index (χ1n) is 10.4. The predicted molar refractivity (Wildman–Crippen MR) is 137 cm³/mol. The fourth-order valence-corrected chi connectivity index (χ4v) is 4.62. The molecule has 5 aromatic rings. The number of nitrogens with one attached hydrogen (secondary N) is 1. The summed E-state index contributed by atoms with van der Waals surface area (Å²) in [7, 11) is 0. The lowest BCUT2D eigenvalue weighted by Gasteiger charge is -2.13. The molecule has 0 aliphatic heterocycles. The Morgan fingerprint density at radius 3 is 2.45 bits per heavy atom. The second-order valence-corrected chi connectivity index (χ2v) is 8.91. The van der Waals surface area contributed by atoms with Crippen molar-refractivity contribution in [3.8, 4) is 16.4 Å². The lowest BCUT2D eigenvalue weighted by Crippen LogP contribution is -2.21. The van der Waals surface area contributed by atoms with Crippen LogP contribution < -0.4 is 16.6 Å². The Bertz CT molecular complexity index is 1510. The van der Waals surface area contributed by atoms with E-state index in [2.05, 4.69) is 29.4 Å². The lowest BCUT2D eigenvalue weighted by atomic mass is 10.1. The van der Waals surface area contributed by atoms with Gasteiger partial charge in [0.15, 0.2) is 11.0 Å². The molecule has 0 radical (unpaired) electrons. The quantitative estimate of drug-likeness (QED) is 0.324. The summed E-state index contributed by atoms with van der Waals surface area (Å²) >= 11 is 7.43. The van der Waals surface area contributed by atoms with Gasteiger partial charge in [-0.1, -0.05) is 54.1 Å². The van der Waals surface area contributed by atoms with Crippen LogP contribution in [0.25, 0.3) is 27.3 Å². The monoisotopic (exact) mass is 473 g/mol. The van der Waals surface area contributed by atoms with Gasteiger partial charge < -0.3 is 11.1 Å². The van der Waals surface area contributed by atoms with Crippen molar-refractivity contribution >= 4 is 50.5 Å². The minimum absolute atomic E-state index is 0.185. The van der Waals surface area contributed by atoms with E-state index in [4.69, 9.17) is 22.3 Å². The molecular weight excluding hydrogens is 454 g/mol. The third-order valence-electron chi connectivity index (χ3n) is 5.33. The molecule has 8 heteroatoms. The van der Waals surface area contributed by atoms with Crippen molar-refractivity contribution in [1.29, 1.82) is 0 Å². The Balaban J connectivity index is 1.65. The number of hydrogen-bond acceptors (Lipinski definition) is 6. The number of aryl methyl sites for hydroxylation is 1. The van der Waals surface area contributed by atoms with Crippen molar-refractivity contribution in [2.24, 2.45) is 0 Å². The average Bonchev–Trinajstić information content (AvgIpc) is 3.20. The van der Waals surface area contributed by atoms with Gasteiger partial charge >= 0.3 is 0 Å². The number of fused-ring (bicyclic) bond motifs is 1. The van der Waals surface area contributed by atoms with Crippen LogP contribution in [0.2, 0.25) is 5.02 Å². The van der Waals surface area contributed by atoms with Crippen LogP contribution in [-0.4, -0.2) is 14.5 Å². The van der Waals surface area contributed by atoms with Crippen molar-refractivity contribution in [1.82, 2.24) is 14.5 Å². The minimum Gasteiger partial charge on any atom is -0.382 e. The smallest absolute Gasteiger partial charge is 0.266 e. The van der Waals surface area contributed by atoms with E-state index in [1.165, 1.54) is 16.9 Å². The fraction of sp³-hybridized carbons (Fsp3) is 0.0800. The van der Waals surface area contributed by atoms with Crippen molar-refractivity contribution in [2.75, 3.05) is 11.1 Å². The molecular formula is C25H20ClN5OS. The summed E-state index contributed by atoms with van der Waals surface area (Å²) in [6.45, 7) is 2.12. The molecule has 33 heavy (non-hydrogen) atoms. The number of aromatic nitrogens is 3. The molecule has 0 saturated carbocycles. The maximum Gasteiger partial charge on any atom is 0.266 e. The fourth-order valence-electron chi connectivity index (χ4n) is 3.61. The number of nitrogens with two attached hydrogens (primary N) is 1. The number of halogens is 1. The molecule has 3 N–H and O–H groups in total. The van der Waals surface area contributed by atoms with Gasteiger partial charge in [-0.15, -0.1) is 0 Å². The van der Waals surface area contributed by atoms with Gasteiger partial charge in [-0.3, -0.25) is 9.36 Å². The Labute approximate surface area is 199 Å². The second-order valence-electron chi connectivity index (χ2n) is 7.48. The van der Waals surface area contributed by atoms with E-state index in [1.54, 1.807) is 34.9 Å². The van der Waals surface area contributed by atoms with Gasteiger partial charge in [-0.05, 0) is 60.5 Å². The van der Waals surface area contributed by atoms with Crippen LogP contribution >= 0.6 is 22.9 Å². The average molecular weight is 474 g/mol. The Hall–Kier alpha value is -3.68. The number of anilines is 3. The molecule has 2 heterocycles. The molecule has 0 fully saturated rings. The maximum atomic E-state index is 13.5. The molecule has 0 bridgehead atoms. The predicted octanol–water partition coefficient (Wildman–Crippen LogP) is 6.05. The van der Waals surface area contributed by atoms with E-state index in [1.807, 2.05) is 30.3 Å². The Morgan fingerprint density at radius 1 is 1.00 bits per heavy atom. The molecule has 5 rings (SSSR count). The summed E-state index contributed by atoms with van der Waals surface area (Å²) in [5.41, 5.74) is 9.55. The van der Waals surface area contributed by atoms with E-state index >= 15 is 0 Å². The van der Waals surface area contributed by atoms with Crippen LogP contribution in [0, 0.1) is 0 Å². The first kappa shape index (κ1) is 21.2. The standard InChI is InChI=1S/C25H20ClN5OS/c1-2-15-7-11-17(12-8-15)28-25-30-22(27)21(33-25)23-29-20-6-4-3-5-19(20)24(32)31(23)18-13-9-16(26)10-14-18/h3-14H,2,27H2,1H3,(H,28,30). The van der Waals surface area contributed by atoms with Gasteiger partial charge in [-0.25, -0.2) is 9.97 Å². The normalized spacial score (nSPS) is 11.1. The number of rotatable bonds is 5. The summed E-state index contributed by atoms with van der Waals surface area (Å²) in [5.74, 6) is 0.739. The highest BCUT2D eigenvalue weighted by Crippen LogP contribution is 2.36. The topological polar surface area (TPSA) is 85.8 Å². The van der Waals surface area contributed by atoms with Crippen molar-refractivity contribution < 1.29 is 0 Å². The van der Waals surface area contributed by atoms with E-state index in [-0.39, 0.29) is 5.56 Å². The van der Waals surface area contributed by atoms with E-state index < -0.39 is 0 Å². The number of para-hydroxylation sites is 1. The van der Waals surface area contributed by atoms with Crippen LogP contribution in [0.4, 0.5) is 16.6 Å². The zero-order valence-electron chi connectivity index (χ0n) is 17.7. The van der Waals surface area contributed by atoms with Gasteiger partial charge in [0.25, 0.3) is 5.56 Å². The van der Waals surface area contributed by atoms with Crippen molar-refractivity contribution in [2.45, 2.75) is 13.3 Å². The molecule has 164 valence electrons. The van der Waals surface area contributed by atoms with Gasteiger partial charge in [-0.2, -0.15) is 0 Å². The molecule has 0 saturated heterocycles. The first-order chi connectivity index (χ1) is 16.0. The molecule has 3 aromatic carbocycles. The summed E-state index contributed by atoms with van der Waals surface area (Å²) in [6.07, 6.45) is 0.977. The second kappa shape index (κ2) is 8.69. The lowest BCUT2D eigenvalue weighted by molar-refractivity contribution is 0.980. The largest absolute Gasteiger partial charge is 0.382 e. The number of hydrogen-bond donors (Lipinski definition) is 2. The zero-order valence-corrected chi connectivity index (χ0v) is 19.3. The molecule has 0 amide bonds. The van der Waals surface area contributed by atoms with Gasteiger partial charge in [0.1, 0.15) is 10.7 Å². The first-order valence-corrected chi connectivity index (χ1v) is 11.6. The molecule has 0 aliphatic carbocycles. The molecule has 0 aliphatic rings. The summed E-state index contributed by atoms with van der Waals surface area (Å²) < 4.78 is 1.56. The molecule has 2 aromatic heterocycles. The minimum atomic E-state index is -0.185. The highest BCUT2D eigenvalue weighted by molar-refractivity contribution is 7.19. The molecule has 0 spiro atoms. The van der Waals surface area contributed by atoms with Crippen LogP contribution in [0.3, 0.4) is 0 Å². The number of thiazole rings is 1. The maximum absolute atomic E-state index is 13.5. The Morgan fingerprint density at radius 2 is 1.73 bits per heavy atom. The van der Waals surface area contributed by atoms with E-state index in [0.29, 0.717) is 43.3 Å². The molecule has 6 nitrogen and oxygen atoms in total. The van der Waals surface area contributed by atoms with E-state index in [9.17, 15) is 4.79 Å². The number of nitrogens with zero attached hydrogens (tertiary/aromatic N) is 3. The van der Waals surface area contributed by atoms with Crippen molar-refractivity contribution in [3.63, 3.8) is 0 Å². The number of benzene rings is 3. The molecule has 0 unspecified atom stereocenters. The SMILES string of the molecule is CCc1ccc(Nc2nc(N)c(-c3nc4ccccc4c(=O)n3-c3ccc(Cl)cc3)s2)cc1. The van der Waals surface area contributed by atoms with Gasteiger partial charge in [0, 0.05) is 10.7 Å².